The SMILES string of the molecule is CCCC(=O)N1CCCC[C@H]1C(=O)N[C@@H](C)c1nccs1. The molecule has 0 spiro atoms. The van der Waals surface area contributed by atoms with E-state index in [0.29, 0.717) is 13.0 Å². The average Bonchev–Trinajstić information content (AvgIpc) is 3.01. The molecular weight excluding hydrogens is 286 g/mol. The maximum atomic E-state index is 12.5. The number of nitrogens with zero attached hydrogens (tertiary/aromatic N) is 2. The average molecular weight is 309 g/mol. The van der Waals surface area contributed by atoms with Gasteiger partial charge in [0.05, 0.1) is 6.04 Å². The molecule has 2 rings (SSSR count). The van der Waals surface area contributed by atoms with Crippen molar-refractivity contribution in [2.24, 2.45) is 0 Å². The molecule has 2 atom stereocenters. The standard InChI is InChI=1S/C15H23N3O2S/c1-3-6-13(19)18-9-5-4-7-12(18)14(20)17-11(2)15-16-8-10-21-15/h8,10-12H,3-7,9H2,1-2H3,(H,17,20)/t11-,12-/m0/s1. The van der Waals surface area contributed by atoms with E-state index in [1.807, 2.05) is 19.2 Å². The van der Waals surface area contributed by atoms with Crippen molar-refractivity contribution >= 4 is 23.2 Å². The Morgan fingerprint density at radius 2 is 2.33 bits per heavy atom. The van der Waals surface area contributed by atoms with E-state index in [1.54, 1.807) is 11.1 Å². The summed E-state index contributed by atoms with van der Waals surface area (Å²) in [6.45, 7) is 4.61. The summed E-state index contributed by atoms with van der Waals surface area (Å²) in [5.41, 5.74) is 0. The second-order valence-corrected chi connectivity index (χ2v) is 6.38. The maximum absolute atomic E-state index is 12.5. The molecule has 5 nitrogen and oxygen atoms in total. The van der Waals surface area contributed by atoms with Crippen LogP contribution in [0.5, 0.6) is 0 Å². The third-order valence-electron chi connectivity index (χ3n) is 3.77. The molecule has 116 valence electrons. The van der Waals surface area contributed by atoms with Crippen LogP contribution in [0, 0.1) is 0 Å². The highest BCUT2D eigenvalue weighted by molar-refractivity contribution is 7.09. The van der Waals surface area contributed by atoms with E-state index in [-0.39, 0.29) is 23.9 Å². The molecule has 6 heteroatoms. The lowest BCUT2D eigenvalue weighted by Gasteiger charge is -2.35. The molecule has 0 aliphatic carbocycles. The summed E-state index contributed by atoms with van der Waals surface area (Å²) in [5.74, 6) is 0.0427. The molecule has 1 aliphatic heterocycles. The Hall–Kier alpha value is -1.43. The van der Waals surface area contributed by atoms with Gasteiger partial charge in [0.25, 0.3) is 0 Å². The molecule has 1 aromatic rings. The van der Waals surface area contributed by atoms with Crippen molar-refractivity contribution in [1.29, 1.82) is 0 Å². The van der Waals surface area contributed by atoms with Gasteiger partial charge in [0.1, 0.15) is 11.0 Å². The van der Waals surface area contributed by atoms with Crippen LogP contribution in [-0.2, 0) is 9.59 Å². The van der Waals surface area contributed by atoms with Crippen LogP contribution >= 0.6 is 11.3 Å². The molecule has 2 amide bonds. The molecule has 1 N–H and O–H groups in total. The van der Waals surface area contributed by atoms with E-state index in [1.165, 1.54) is 11.3 Å². The molecule has 1 aliphatic rings. The monoisotopic (exact) mass is 309 g/mol. The molecule has 0 aromatic carbocycles. The predicted molar refractivity (Wildman–Crippen MR) is 82.9 cm³/mol. The number of nitrogens with one attached hydrogen (secondary N) is 1. The molecule has 0 bridgehead atoms. The molecule has 1 saturated heterocycles. The largest absolute Gasteiger partial charge is 0.345 e. The number of carbonyl (C=O) groups is 2. The van der Waals surface area contributed by atoms with Gasteiger partial charge in [0.2, 0.25) is 11.8 Å². The van der Waals surface area contributed by atoms with Gasteiger partial charge in [-0.05, 0) is 32.6 Å². The molecule has 0 radical (unpaired) electrons. The highest BCUT2D eigenvalue weighted by atomic mass is 32.1. The normalized spacial score (nSPS) is 20.1. The number of piperidine rings is 1. The minimum atomic E-state index is -0.319. The Morgan fingerprint density at radius 1 is 1.52 bits per heavy atom. The first kappa shape index (κ1) is 15.9. The number of amides is 2. The number of rotatable bonds is 5. The van der Waals surface area contributed by atoms with Gasteiger partial charge in [0.15, 0.2) is 0 Å². The van der Waals surface area contributed by atoms with E-state index in [9.17, 15) is 9.59 Å². The summed E-state index contributed by atoms with van der Waals surface area (Å²) in [5, 5.41) is 5.79. The Kier molecular flexibility index (Phi) is 5.73. The molecule has 0 saturated carbocycles. The molecule has 1 aromatic heterocycles. The summed E-state index contributed by atoms with van der Waals surface area (Å²) in [7, 11) is 0. The first-order chi connectivity index (χ1) is 10.1. The first-order valence-corrected chi connectivity index (χ1v) is 8.50. The summed E-state index contributed by atoms with van der Waals surface area (Å²) in [6, 6.07) is -0.428. The topological polar surface area (TPSA) is 62.3 Å². The third-order valence-corrected chi connectivity index (χ3v) is 4.73. The quantitative estimate of drug-likeness (QED) is 0.909. The van der Waals surface area contributed by atoms with Gasteiger partial charge in [-0.25, -0.2) is 4.98 Å². The smallest absolute Gasteiger partial charge is 0.243 e. The van der Waals surface area contributed by atoms with Crippen molar-refractivity contribution in [2.75, 3.05) is 6.54 Å². The van der Waals surface area contributed by atoms with E-state index >= 15 is 0 Å². The van der Waals surface area contributed by atoms with Crippen molar-refractivity contribution < 1.29 is 9.59 Å². The fourth-order valence-electron chi connectivity index (χ4n) is 2.68. The number of hydrogen-bond acceptors (Lipinski definition) is 4. The fourth-order valence-corrected chi connectivity index (χ4v) is 3.33. The van der Waals surface area contributed by atoms with Gasteiger partial charge in [-0.2, -0.15) is 0 Å². The van der Waals surface area contributed by atoms with Gasteiger partial charge in [0, 0.05) is 24.5 Å². The summed E-state index contributed by atoms with van der Waals surface area (Å²) in [4.78, 5) is 30.6. The second kappa shape index (κ2) is 7.54. The van der Waals surface area contributed by atoms with Crippen LogP contribution in [0.25, 0.3) is 0 Å². The Balaban J connectivity index is 1.99. The highest BCUT2D eigenvalue weighted by Gasteiger charge is 2.32. The zero-order valence-electron chi connectivity index (χ0n) is 12.7. The Labute approximate surface area is 129 Å². The number of thiazole rings is 1. The van der Waals surface area contributed by atoms with E-state index in [4.69, 9.17) is 0 Å². The van der Waals surface area contributed by atoms with Crippen molar-refractivity contribution in [3.63, 3.8) is 0 Å². The van der Waals surface area contributed by atoms with Crippen LogP contribution in [0.3, 0.4) is 0 Å². The molecule has 1 fully saturated rings. The van der Waals surface area contributed by atoms with Crippen molar-refractivity contribution in [3.8, 4) is 0 Å². The van der Waals surface area contributed by atoms with Crippen molar-refractivity contribution in [2.45, 2.75) is 58.0 Å². The highest BCUT2D eigenvalue weighted by Crippen LogP contribution is 2.21. The number of aromatic nitrogens is 1. The van der Waals surface area contributed by atoms with E-state index in [0.717, 1.165) is 30.7 Å². The van der Waals surface area contributed by atoms with Crippen LogP contribution < -0.4 is 5.32 Å². The Morgan fingerprint density at radius 3 is 3.00 bits per heavy atom. The van der Waals surface area contributed by atoms with Crippen LogP contribution in [0.4, 0.5) is 0 Å². The van der Waals surface area contributed by atoms with E-state index in [2.05, 4.69) is 10.3 Å². The van der Waals surface area contributed by atoms with Gasteiger partial charge in [-0.1, -0.05) is 6.92 Å². The molecule has 0 unspecified atom stereocenters. The molecule has 21 heavy (non-hydrogen) atoms. The van der Waals surface area contributed by atoms with Crippen LogP contribution in [0.2, 0.25) is 0 Å². The Bertz CT molecular complexity index is 475. The first-order valence-electron chi connectivity index (χ1n) is 7.62. The minimum absolute atomic E-state index is 0.0538. The number of likely N-dealkylation sites (tertiary alicyclic amines) is 1. The van der Waals surface area contributed by atoms with Gasteiger partial charge < -0.3 is 10.2 Å². The lowest BCUT2D eigenvalue weighted by molar-refractivity contribution is -0.142. The molecular formula is C15H23N3O2S. The van der Waals surface area contributed by atoms with Crippen LogP contribution in [0.15, 0.2) is 11.6 Å². The molecule has 2 heterocycles. The second-order valence-electron chi connectivity index (χ2n) is 5.45. The zero-order chi connectivity index (χ0) is 15.2. The minimum Gasteiger partial charge on any atom is -0.345 e. The van der Waals surface area contributed by atoms with Gasteiger partial charge in [-0.3, -0.25) is 9.59 Å². The van der Waals surface area contributed by atoms with Gasteiger partial charge >= 0.3 is 0 Å². The number of carbonyl (C=O) groups excluding carboxylic acids is 2. The summed E-state index contributed by atoms with van der Waals surface area (Å²) in [6.07, 6.45) is 5.82. The predicted octanol–water partition coefficient (Wildman–Crippen LogP) is 2.50. The maximum Gasteiger partial charge on any atom is 0.243 e. The summed E-state index contributed by atoms with van der Waals surface area (Å²) < 4.78 is 0. The number of hydrogen-bond donors (Lipinski definition) is 1. The zero-order valence-corrected chi connectivity index (χ0v) is 13.5. The van der Waals surface area contributed by atoms with E-state index < -0.39 is 0 Å². The van der Waals surface area contributed by atoms with Crippen molar-refractivity contribution in [3.05, 3.63) is 16.6 Å². The third kappa shape index (κ3) is 4.03. The lowest BCUT2D eigenvalue weighted by Crippen LogP contribution is -2.52. The lowest BCUT2D eigenvalue weighted by atomic mass is 10.0. The fraction of sp³-hybridized carbons (Fsp3) is 0.667. The summed E-state index contributed by atoms with van der Waals surface area (Å²) >= 11 is 1.53. The van der Waals surface area contributed by atoms with Crippen LogP contribution in [0.1, 0.15) is 57.0 Å². The van der Waals surface area contributed by atoms with Gasteiger partial charge in [-0.15, -0.1) is 11.3 Å². The van der Waals surface area contributed by atoms with Crippen LogP contribution in [-0.4, -0.2) is 34.3 Å². The van der Waals surface area contributed by atoms with Crippen molar-refractivity contribution in [1.82, 2.24) is 15.2 Å².